The van der Waals surface area contributed by atoms with Gasteiger partial charge in [-0.2, -0.15) is 0 Å². The summed E-state index contributed by atoms with van der Waals surface area (Å²) in [6, 6.07) is 0. The van der Waals surface area contributed by atoms with Crippen LogP contribution in [0.4, 0.5) is 0 Å². The summed E-state index contributed by atoms with van der Waals surface area (Å²) >= 11 is 0. The summed E-state index contributed by atoms with van der Waals surface area (Å²) in [5, 5.41) is 3.41. The van der Waals surface area contributed by atoms with Crippen LogP contribution in [-0.2, 0) is 9.53 Å². The molecule has 2 fully saturated rings. The molecule has 3 atom stereocenters. The third-order valence-corrected chi connectivity index (χ3v) is 3.49. The lowest BCUT2D eigenvalue weighted by Crippen LogP contribution is -2.32. The van der Waals surface area contributed by atoms with Crippen molar-refractivity contribution in [3.05, 3.63) is 0 Å². The predicted molar refractivity (Wildman–Crippen MR) is 63.0 cm³/mol. The predicted octanol–water partition coefficient (Wildman–Crippen LogP) is 1.96. The van der Waals surface area contributed by atoms with Gasteiger partial charge < -0.3 is 10.1 Å². The van der Waals surface area contributed by atoms with Gasteiger partial charge in [0.15, 0.2) is 0 Å². The number of carbonyl (C=O) groups is 1. The Hall–Kier alpha value is -0.570. The monoisotopic (exact) mass is 225 g/mol. The largest absolute Gasteiger partial charge is 0.460 e. The highest BCUT2D eigenvalue weighted by atomic mass is 16.6. The van der Waals surface area contributed by atoms with E-state index in [1.54, 1.807) is 0 Å². The number of piperidine rings is 1. The first kappa shape index (κ1) is 11.9. The first-order valence-corrected chi connectivity index (χ1v) is 6.41. The van der Waals surface area contributed by atoms with Crippen LogP contribution in [0.25, 0.3) is 0 Å². The molecule has 0 aromatic heterocycles. The van der Waals surface area contributed by atoms with Crippen molar-refractivity contribution in [2.45, 2.75) is 45.6 Å². The zero-order valence-corrected chi connectivity index (χ0v) is 10.6. The molecular weight excluding hydrogens is 202 g/mol. The zero-order valence-electron chi connectivity index (χ0n) is 10.6. The van der Waals surface area contributed by atoms with Crippen LogP contribution >= 0.6 is 0 Å². The molecule has 1 N–H and O–H groups in total. The van der Waals surface area contributed by atoms with E-state index in [0.717, 1.165) is 19.5 Å². The average Bonchev–Trinajstić information content (AvgIpc) is 2.96. The van der Waals surface area contributed by atoms with E-state index >= 15 is 0 Å². The molecule has 3 unspecified atom stereocenters. The van der Waals surface area contributed by atoms with Gasteiger partial charge in [0.05, 0.1) is 5.92 Å². The van der Waals surface area contributed by atoms with Crippen LogP contribution in [0.1, 0.15) is 40.0 Å². The van der Waals surface area contributed by atoms with Crippen LogP contribution in [0.5, 0.6) is 0 Å². The Morgan fingerprint density at radius 1 is 1.38 bits per heavy atom. The zero-order chi connectivity index (χ0) is 11.8. The van der Waals surface area contributed by atoms with Crippen LogP contribution in [0, 0.1) is 17.8 Å². The molecule has 0 amide bonds. The number of esters is 1. The molecular formula is C13H23NO2. The van der Waals surface area contributed by atoms with Gasteiger partial charge in [-0.1, -0.05) is 0 Å². The van der Waals surface area contributed by atoms with E-state index in [1.165, 1.54) is 12.8 Å². The Morgan fingerprint density at radius 2 is 2.12 bits per heavy atom. The van der Waals surface area contributed by atoms with Crippen molar-refractivity contribution in [2.75, 3.05) is 13.1 Å². The minimum absolute atomic E-state index is 0.0167. The average molecular weight is 225 g/mol. The molecule has 3 heteroatoms. The summed E-state index contributed by atoms with van der Waals surface area (Å²) in [4.78, 5) is 11.8. The highest BCUT2D eigenvalue weighted by molar-refractivity contribution is 5.76. The van der Waals surface area contributed by atoms with Crippen molar-refractivity contribution in [3.63, 3.8) is 0 Å². The van der Waals surface area contributed by atoms with E-state index < -0.39 is 0 Å². The number of hydrogen-bond acceptors (Lipinski definition) is 3. The van der Waals surface area contributed by atoms with E-state index in [9.17, 15) is 4.79 Å². The number of ether oxygens (including phenoxy) is 1. The van der Waals surface area contributed by atoms with Crippen LogP contribution in [0.3, 0.4) is 0 Å². The van der Waals surface area contributed by atoms with Crippen molar-refractivity contribution in [1.29, 1.82) is 0 Å². The maximum absolute atomic E-state index is 11.8. The van der Waals surface area contributed by atoms with Crippen molar-refractivity contribution >= 4 is 5.97 Å². The van der Waals surface area contributed by atoms with Crippen LogP contribution in [0.2, 0.25) is 0 Å². The van der Waals surface area contributed by atoms with Gasteiger partial charge in [0.2, 0.25) is 0 Å². The van der Waals surface area contributed by atoms with E-state index in [1.807, 2.05) is 20.8 Å². The molecule has 1 aliphatic heterocycles. The molecule has 92 valence electrons. The Labute approximate surface area is 97.9 Å². The van der Waals surface area contributed by atoms with Crippen LogP contribution in [-0.4, -0.2) is 24.7 Å². The maximum Gasteiger partial charge on any atom is 0.309 e. The fourth-order valence-corrected chi connectivity index (χ4v) is 2.63. The molecule has 0 aromatic rings. The number of hydrogen-bond donors (Lipinski definition) is 1. The normalized spacial score (nSPS) is 34.6. The van der Waals surface area contributed by atoms with Gasteiger partial charge >= 0.3 is 5.97 Å². The van der Waals surface area contributed by atoms with E-state index in [0.29, 0.717) is 11.8 Å². The van der Waals surface area contributed by atoms with Gasteiger partial charge in [-0.15, -0.1) is 0 Å². The molecule has 1 saturated heterocycles. The van der Waals surface area contributed by atoms with Gasteiger partial charge in [-0.3, -0.25) is 4.79 Å². The maximum atomic E-state index is 11.8. The summed E-state index contributed by atoms with van der Waals surface area (Å²) in [5.74, 6) is 1.49. The van der Waals surface area contributed by atoms with E-state index in [4.69, 9.17) is 4.74 Å². The Kier molecular flexibility index (Phi) is 3.24. The van der Waals surface area contributed by atoms with Gasteiger partial charge in [0.1, 0.15) is 5.60 Å². The lowest BCUT2D eigenvalue weighted by Gasteiger charge is -2.23. The lowest BCUT2D eigenvalue weighted by molar-refractivity contribution is -0.157. The minimum Gasteiger partial charge on any atom is -0.460 e. The second kappa shape index (κ2) is 4.36. The molecule has 0 bridgehead atoms. The molecule has 0 aromatic carbocycles. The third-order valence-electron chi connectivity index (χ3n) is 3.49. The molecule has 3 nitrogen and oxygen atoms in total. The fourth-order valence-electron chi connectivity index (χ4n) is 2.63. The Morgan fingerprint density at radius 3 is 2.69 bits per heavy atom. The first-order valence-electron chi connectivity index (χ1n) is 6.41. The molecule has 0 radical (unpaired) electrons. The van der Waals surface area contributed by atoms with Crippen molar-refractivity contribution in [1.82, 2.24) is 5.32 Å². The fraction of sp³-hybridized carbons (Fsp3) is 0.923. The van der Waals surface area contributed by atoms with Gasteiger partial charge in [0, 0.05) is 0 Å². The topological polar surface area (TPSA) is 38.3 Å². The number of nitrogens with one attached hydrogen (secondary N) is 1. The molecule has 2 rings (SSSR count). The highest BCUT2D eigenvalue weighted by Crippen LogP contribution is 2.47. The lowest BCUT2D eigenvalue weighted by atomic mass is 9.93. The summed E-state index contributed by atoms with van der Waals surface area (Å²) in [6.07, 6.45) is 3.57. The highest BCUT2D eigenvalue weighted by Gasteiger charge is 2.49. The smallest absolute Gasteiger partial charge is 0.309 e. The summed E-state index contributed by atoms with van der Waals surface area (Å²) in [5.41, 5.74) is -0.338. The molecule has 1 heterocycles. The molecule has 1 aliphatic carbocycles. The molecule has 16 heavy (non-hydrogen) atoms. The Bertz CT molecular complexity index is 264. The van der Waals surface area contributed by atoms with E-state index in [-0.39, 0.29) is 17.5 Å². The molecule has 1 saturated carbocycles. The van der Waals surface area contributed by atoms with E-state index in [2.05, 4.69) is 5.32 Å². The molecule has 0 spiro atoms. The van der Waals surface area contributed by atoms with Crippen molar-refractivity contribution < 1.29 is 9.53 Å². The standard InChI is InChI=1S/C13H23NO2/c1-13(2,3)16-12(15)11-7-10(11)9-5-4-6-14-8-9/h9-11,14H,4-8H2,1-3H3. The van der Waals surface area contributed by atoms with Crippen LogP contribution in [0.15, 0.2) is 0 Å². The summed E-state index contributed by atoms with van der Waals surface area (Å²) in [6.45, 7) is 8.03. The second-order valence-electron chi connectivity index (χ2n) is 6.15. The quantitative estimate of drug-likeness (QED) is 0.730. The summed E-state index contributed by atoms with van der Waals surface area (Å²) in [7, 11) is 0. The summed E-state index contributed by atoms with van der Waals surface area (Å²) < 4.78 is 5.42. The van der Waals surface area contributed by atoms with Crippen molar-refractivity contribution in [2.24, 2.45) is 17.8 Å². The first-order chi connectivity index (χ1) is 7.47. The number of carbonyl (C=O) groups excluding carboxylic acids is 1. The minimum atomic E-state index is -0.338. The van der Waals surface area contributed by atoms with Gasteiger partial charge in [0.25, 0.3) is 0 Å². The number of rotatable bonds is 2. The van der Waals surface area contributed by atoms with Crippen LogP contribution < -0.4 is 5.32 Å². The van der Waals surface area contributed by atoms with Gasteiger partial charge in [-0.25, -0.2) is 0 Å². The third kappa shape index (κ3) is 2.97. The molecule has 2 aliphatic rings. The Balaban J connectivity index is 1.79. The SMILES string of the molecule is CC(C)(C)OC(=O)C1CC1C1CCCNC1. The van der Waals surface area contributed by atoms with Crippen molar-refractivity contribution in [3.8, 4) is 0 Å². The second-order valence-corrected chi connectivity index (χ2v) is 6.15. The van der Waals surface area contributed by atoms with Gasteiger partial charge in [-0.05, 0) is 65.0 Å².